The Kier molecular flexibility index (Phi) is 18.8. The van der Waals surface area contributed by atoms with Gasteiger partial charge in [-0.25, -0.2) is 9.59 Å². The van der Waals surface area contributed by atoms with Crippen molar-refractivity contribution in [1.82, 2.24) is 10.6 Å². The van der Waals surface area contributed by atoms with Gasteiger partial charge in [0.2, 0.25) is 0 Å². The number of carboxylic acids is 2. The van der Waals surface area contributed by atoms with Crippen molar-refractivity contribution >= 4 is 24.0 Å². The van der Waals surface area contributed by atoms with Gasteiger partial charge in [0.25, 0.3) is 0 Å². The zero-order chi connectivity index (χ0) is 19.1. The minimum atomic E-state index is -1.28. The summed E-state index contributed by atoms with van der Waals surface area (Å²) in [6.45, 7) is 0.659. The van der Waals surface area contributed by atoms with Crippen molar-refractivity contribution in [2.75, 3.05) is 13.1 Å². The molecule has 0 aliphatic rings. The molecule has 4 amide bonds. The summed E-state index contributed by atoms with van der Waals surface area (Å²) in [6, 6.07) is -3.20. The summed E-state index contributed by atoms with van der Waals surface area (Å²) in [7, 11) is 0. The molecule has 2 atom stereocenters. The van der Waals surface area contributed by atoms with Gasteiger partial charge in [-0.15, -0.1) is 0 Å². The van der Waals surface area contributed by atoms with Gasteiger partial charge in [-0.1, -0.05) is 0 Å². The van der Waals surface area contributed by atoms with E-state index in [0.717, 1.165) is 0 Å². The number of nitrogens with two attached hydrogens (primary N) is 4. The van der Waals surface area contributed by atoms with E-state index in [1.165, 1.54) is 0 Å². The van der Waals surface area contributed by atoms with Crippen LogP contribution in [-0.4, -0.2) is 49.2 Å². The molecule has 0 fully saturated rings. The molecule has 0 spiro atoms. The zero-order valence-electron chi connectivity index (χ0n) is 13.9. The van der Waals surface area contributed by atoms with Crippen molar-refractivity contribution in [3.8, 4) is 0 Å². The monoisotopic (exact) mass is 412 g/mol. The van der Waals surface area contributed by atoms with Crippen LogP contribution in [0.3, 0.4) is 0 Å². The normalized spacial score (nSPS) is 11.6. The Morgan fingerprint density at radius 1 is 0.760 bits per heavy atom. The minimum absolute atomic E-state index is 0. The number of carbonyl (C=O) groups excluding carboxylic acids is 4. The number of carboxylic acid groups (broad SMARTS) is 2. The van der Waals surface area contributed by atoms with Crippen molar-refractivity contribution in [2.45, 2.75) is 37.8 Å². The number of nitrogens with one attached hydrogen (secondary N) is 2. The van der Waals surface area contributed by atoms with Crippen LogP contribution in [0.1, 0.15) is 25.7 Å². The molecule has 25 heavy (non-hydrogen) atoms. The first-order chi connectivity index (χ1) is 11.1. The standard InChI is InChI=1S/2C6H13N3O3.Zn/c2*7-4(5(10)11)2-1-3-9-6(8)12;/h2*4H,1-3,7H2,(H,10,11)(H3,8,9,12);/q;;+2/p-2/t2*4-;/m00./s1. The second-order valence-electron chi connectivity index (χ2n) is 4.72. The molecule has 0 unspecified atom stereocenters. The predicted octanol–water partition coefficient (Wildman–Crippen LogP) is -4.98. The third kappa shape index (κ3) is 22.0. The molecule has 0 saturated carbocycles. The molecule has 0 bridgehead atoms. The molecule has 0 saturated heterocycles. The van der Waals surface area contributed by atoms with E-state index in [4.69, 9.17) is 22.9 Å². The molecule has 0 aromatic carbocycles. The summed E-state index contributed by atoms with van der Waals surface area (Å²) in [6.07, 6.45) is 1.47. The van der Waals surface area contributed by atoms with Crippen LogP contribution in [0.15, 0.2) is 0 Å². The van der Waals surface area contributed by atoms with Crippen LogP contribution in [0.25, 0.3) is 0 Å². The smallest absolute Gasteiger partial charge is 0.548 e. The number of carbonyl (C=O) groups is 4. The zero-order valence-corrected chi connectivity index (χ0v) is 16.8. The Balaban J connectivity index is -0.000000372. The molecule has 0 aliphatic heterocycles. The molecule has 0 rings (SSSR count). The van der Waals surface area contributed by atoms with Crippen molar-refractivity contribution in [2.24, 2.45) is 22.9 Å². The molecule has 13 heteroatoms. The van der Waals surface area contributed by atoms with E-state index in [9.17, 15) is 29.4 Å². The van der Waals surface area contributed by atoms with E-state index >= 15 is 0 Å². The van der Waals surface area contributed by atoms with Crippen LogP contribution in [-0.2, 0) is 29.1 Å². The van der Waals surface area contributed by atoms with E-state index in [0.29, 0.717) is 25.9 Å². The molecular weight excluding hydrogens is 390 g/mol. The van der Waals surface area contributed by atoms with Gasteiger partial charge in [0, 0.05) is 25.2 Å². The minimum Gasteiger partial charge on any atom is -0.548 e. The average Bonchev–Trinajstić information content (AvgIpc) is 2.47. The number of hydrogen-bond donors (Lipinski definition) is 6. The molecule has 0 aliphatic carbocycles. The van der Waals surface area contributed by atoms with Gasteiger partial charge >= 0.3 is 31.5 Å². The molecular formula is C12H24N6O6Zn. The van der Waals surface area contributed by atoms with Gasteiger partial charge < -0.3 is 53.4 Å². The number of rotatable bonds is 10. The summed E-state index contributed by atoms with van der Waals surface area (Å²) >= 11 is 0. The van der Waals surface area contributed by atoms with E-state index in [2.05, 4.69) is 10.6 Å². The van der Waals surface area contributed by atoms with Crippen LogP contribution >= 0.6 is 0 Å². The molecule has 0 aromatic rings. The van der Waals surface area contributed by atoms with Gasteiger partial charge in [0.1, 0.15) is 0 Å². The van der Waals surface area contributed by atoms with Crippen molar-refractivity contribution in [3.63, 3.8) is 0 Å². The third-order valence-electron chi connectivity index (χ3n) is 2.59. The van der Waals surface area contributed by atoms with Crippen molar-refractivity contribution < 1.29 is 48.9 Å². The summed E-state index contributed by atoms with van der Waals surface area (Å²) in [4.78, 5) is 40.4. The number of hydrogen-bond acceptors (Lipinski definition) is 8. The van der Waals surface area contributed by atoms with Gasteiger partial charge in [-0.3, -0.25) is 0 Å². The Morgan fingerprint density at radius 2 is 1.04 bits per heavy atom. The van der Waals surface area contributed by atoms with Crippen LogP contribution in [0.4, 0.5) is 9.59 Å². The third-order valence-corrected chi connectivity index (χ3v) is 2.59. The predicted molar refractivity (Wildman–Crippen MR) is 79.6 cm³/mol. The fraction of sp³-hybridized carbons (Fsp3) is 0.667. The number of aliphatic carboxylic acids is 2. The van der Waals surface area contributed by atoms with Crippen molar-refractivity contribution in [3.05, 3.63) is 0 Å². The SMILES string of the molecule is NC(=O)NCCC[C@H](N)C(=O)[O-].NC(=O)NCCC[C@H](N)C(=O)[O-].[Zn+2]. The Hall–Kier alpha value is -1.98. The van der Waals surface area contributed by atoms with Crippen LogP contribution in [0.2, 0.25) is 0 Å². The van der Waals surface area contributed by atoms with E-state index in [1.54, 1.807) is 0 Å². The largest absolute Gasteiger partial charge is 2.00 e. The second kappa shape index (κ2) is 16.9. The maximum Gasteiger partial charge on any atom is 2.00 e. The first kappa shape index (κ1) is 27.9. The van der Waals surface area contributed by atoms with Gasteiger partial charge in [0.15, 0.2) is 0 Å². The first-order valence-corrected chi connectivity index (χ1v) is 7.07. The van der Waals surface area contributed by atoms with E-state index in [-0.39, 0.29) is 32.3 Å². The molecule has 0 radical (unpaired) electrons. The van der Waals surface area contributed by atoms with Crippen LogP contribution in [0, 0.1) is 0 Å². The summed E-state index contributed by atoms with van der Waals surface area (Å²) in [5.41, 5.74) is 19.8. The topological polar surface area (TPSA) is 243 Å². The molecule has 10 N–H and O–H groups in total. The van der Waals surface area contributed by atoms with Crippen LogP contribution < -0.4 is 43.8 Å². The molecule has 0 heterocycles. The van der Waals surface area contributed by atoms with Gasteiger partial charge in [0.05, 0.1) is 11.9 Å². The van der Waals surface area contributed by atoms with E-state index in [1.807, 2.05) is 0 Å². The Bertz CT molecular complexity index is 387. The number of amides is 4. The number of urea groups is 2. The maximum atomic E-state index is 10.1. The first-order valence-electron chi connectivity index (χ1n) is 7.07. The molecule has 12 nitrogen and oxygen atoms in total. The van der Waals surface area contributed by atoms with E-state index < -0.39 is 36.1 Å². The summed E-state index contributed by atoms with van der Waals surface area (Å²) in [5.74, 6) is -2.57. The quantitative estimate of drug-likeness (QED) is 0.149. The Morgan fingerprint density at radius 3 is 1.24 bits per heavy atom. The average molecular weight is 414 g/mol. The fourth-order valence-electron chi connectivity index (χ4n) is 1.30. The number of primary amides is 2. The Labute approximate surface area is 157 Å². The molecule has 140 valence electrons. The van der Waals surface area contributed by atoms with Crippen LogP contribution in [0.5, 0.6) is 0 Å². The van der Waals surface area contributed by atoms with Gasteiger partial charge in [-0.05, 0) is 25.7 Å². The van der Waals surface area contributed by atoms with Gasteiger partial charge in [-0.2, -0.15) is 0 Å². The molecule has 0 aromatic heterocycles. The van der Waals surface area contributed by atoms with Crippen molar-refractivity contribution in [1.29, 1.82) is 0 Å². The fourth-order valence-corrected chi connectivity index (χ4v) is 1.30. The summed E-state index contributed by atoms with van der Waals surface area (Å²) in [5, 5.41) is 24.8. The summed E-state index contributed by atoms with van der Waals surface area (Å²) < 4.78 is 0. The second-order valence-corrected chi connectivity index (χ2v) is 4.72. The maximum absolute atomic E-state index is 10.1.